The van der Waals surface area contributed by atoms with E-state index in [9.17, 15) is 9.90 Å². The number of rotatable bonds is 1. The van der Waals surface area contributed by atoms with Crippen molar-refractivity contribution in [3.8, 4) is 0 Å². The van der Waals surface area contributed by atoms with Crippen LogP contribution in [0.1, 0.15) is 64.0 Å². The van der Waals surface area contributed by atoms with Crippen molar-refractivity contribution in [2.45, 2.75) is 70.4 Å². The van der Waals surface area contributed by atoms with E-state index in [1.807, 2.05) is 20.8 Å². The number of carboxylic acid groups (broad SMARTS) is 1. The lowest BCUT2D eigenvalue weighted by Gasteiger charge is -2.50. The van der Waals surface area contributed by atoms with Crippen molar-refractivity contribution < 1.29 is 9.90 Å². The topological polar surface area (TPSA) is 40.5 Å². The first-order valence-corrected chi connectivity index (χ1v) is 8.49. The smallest absolute Gasteiger partial charge is 0.408 e. The summed E-state index contributed by atoms with van der Waals surface area (Å²) in [5, 5.41) is 10.0. The molecule has 0 aromatic heterocycles. The monoisotopic (exact) mass is 301 g/mol. The Morgan fingerprint density at radius 3 is 2.64 bits per heavy atom. The van der Waals surface area contributed by atoms with Crippen molar-refractivity contribution in [1.82, 2.24) is 4.90 Å². The second-order valence-corrected chi connectivity index (χ2v) is 7.87. The van der Waals surface area contributed by atoms with Crippen LogP contribution in [0.2, 0.25) is 0 Å². The molecule has 1 aromatic rings. The molecule has 0 unspecified atom stereocenters. The van der Waals surface area contributed by atoms with Crippen LogP contribution in [0.25, 0.3) is 0 Å². The molecular formula is C19H27NO2. The minimum absolute atomic E-state index is 0.336. The molecule has 0 aliphatic heterocycles. The van der Waals surface area contributed by atoms with Gasteiger partial charge in [-0.1, -0.05) is 43.5 Å². The molecule has 3 rings (SSSR count). The van der Waals surface area contributed by atoms with Crippen LogP contribution in [-0.4, -0.2) is 21.6 Å². The van der Waals surface area contributed by atoms with Crippen LogP contribution in [0.5, 0.6) is 0 Å². The number of amides is 1. The van der Waals surface area contributed by atoms with Crippen molar-refractivity contribution in [2.75, 3.05) is 0 Å². The van der Waals surface area contributed by atoms with Gasteiger partial charge in [-0.05, 0) is 57.1 Å². The Morgan fingerprint density at radius 1 is 1.23 bits per heavy atom. The van der Waals surface area contributed by atoms with E-state index in [2.05, 4.69) is 24.3 Å². The highest BCUT2D eigenvalue weighted by atomic mass is 16.4. The van der Waals surface area contributed by atoms with E-state index >= 15 is 0 Å². The molecule has 2 aliphatic carbocycles. The van der Waals surface area contributed by atoms with Gasteiger partial charge >= 0.3 is 6.09 Å². The van der Waals surface area contributed by atoms with Crippen LogP contribution >= 0.6 is 0 Å². The standard InChI is InChI=1S/C19H27NO2/c1-18(2,3)20(17(21)22)19-12-8-4-5-10-15(19)13-14-9-6-7-11-16(14)19/h6-7,9,11,15H,4-5,8,10,12-13H2,1-3H3,(H,21,22)/t15-,19+/m1/s1. The lowest BCUT2D eigenvalue weighted by atomic mass is 9.76. The predicted molar refractivity (Wildman–Crippen MR) is 88.0 cm³/mol. The second kappa shape index (κ2) is 5.29. The predicted octanol–water partition coefficient (Wildman–Crippen LogP) is 4.80. The number of hydrogen-bond acceptors (Lipinski definition) is 1. The lowest BCUT2D eigenvalue weighted by Crippen LogP contribution is -2.59. The van der Waals surface area contributed by atoms with Gasteiger partial charge in [0.15, 0.2) is 0 Å². The van der Waals surface area contributed by atoms with Crippen LogP contribution in [0.15, 0.2) is 24.3 Å². The average molecular weight is 301 g/mol. The van der Waals surface area contributed by atoms with Gasteiger partial charge in [0.05, 0.1) is 5.54 Å². The van der Waals surface area contributed by atoms with Crippen molar-refractivity contribution in [3.05, 3.63) is 35.4 Å². The van der Waals surface area contributed by atoms with Gasteiger partial charge < -0.3 is 5.11 Å². The fraction of sp³-hybridized carbons (Fsp3) is 0.632. The summed E-state index contributed by atoms with van der Waals surface area (Å²) in [6, 6.07) is 8.51. The van der Waals surface area contributed by atoms with E-state index in [1.54, 1.807) is 4.90 Å². The van der Waals surface area contributed by atoms with Gasteiger partial charge in [0.1, 0.15) is 0 Å². The van der Waals surface area contributed by atoms with E-state index in [0.717, 1.165) is 25.7 Å². The van der Waals surface area contributed by atoms with Crippen LogP contribution < -0.4 is 0 Å². The normalized spacial score (nSPS) is 27.7. The number of carbonyl (C=O) groups is 1. The zero-order valence-corrected chi connectivity index (χ0v) is 13.9. The van der Waals surface area contributed by atoms with Crippen molar-refractivity contribution in [2.24, 2.45) is 5.92 Å². The summed E-state index contributed by atoms with van der Waals surface area (Å²) in [6.45, 7) is 6.08. The molecule has 120 valence electrons. The number of nitrogens with zero attached hydrogens (tertiary/aromatic N) is 1. The van der Waals surface area contributed by atoms with E-state index in [1.165, 1.54) is 24.0 Å². The van der Waals surface area contributed by atoms with Gasteiger partial charge in [-0.3, -0.25) is 4.90 Å². The second-order valence-electron chi connectivity index (χ2n) is 7.87. The third-order valence-electron chi connectivity index (χ3n) is 5.50. The number of hydrogen-bond donors (Lipinski definition) is 1. The average Bonchev–Trinajstić information content (AvgIpc) is 2.58. The third kappa shape index (κ3) is 2.22. The summed E-state index contributed by atoms with van der Waals surface area (Å²) >= 11 is 0. The van der Waals surface area contributed by atoms with Gasteiger partial charge in [0, 0.05) is 5.54 Å². The molecule has 1 fully saturated rings. The molecule has 1 N–H and O–H groups in total. The van der Waals surface area contributed by atoms with Crippen molar-refractivity contribution in [1.29, 1.82) is 0 Å². The Hall–Kier alpha value is -1.51. The summed E-state index contributed by atoms with van der Waals surface area (Å²) in [4.78, 5) is 14.0. The largest absolute Gasteiger partial charge is 0.465 e. The van der Waals surface area contributed by atoms with Crippen molar-refractivity contribution in [3.63, 3.8) is 0 Å². The van der Waals surface area contributed by atoms with Gasteiger partial charge in [-0.15, -0.1) is 0 Å². The fourth-order valence-corrected chi connectivity index (χ4v) is 4.89. The quantitative estimate of drug-likeness (QED) is 0.809. The maximum Gasteiger partial charge on any atom is 0.408 e. The summed E-state index contributed by atoms with van der Waals surface area (Å²) < 4.78 is 0. The zero-order chi connectivity index (χ0) is 16.0. The highest BCUT2D eigenvalue weighted by Gasteiger charge is 2.55. The van der Waals surface area contributed by atoms with Gasteiger partial charge in [0.2, 0.25) is 0 Å². The highest BCUT2D eigenvalue weighted by Crippen LogP contribution is 2.54. The fourth-order valence-electron chi connectivity index (χ4n) is 4.89. The molecule has 2 aliphatic rings. The first-order chi connectivity index (χ1) is 10.4. The van der Waals surface area contributed by atoms with Crippen LogP contribution in [0, 0.1) is 5.92 Å². The lowest BCUT2D eigenvalue weighted by molar-refractivity contribution is -0.0190. The summed E-state index contributed by atoms with van der Waals surface area (Å²) in [7, 11) is 0. The third-order valence-corrected chi connectivity index (χ3v) is 5.50. The molecule has 1 aromatic carbocycles. The van der Waals surface area contributed by atoms with E-state index in [0.29, 0.717) is 5.92 Å². The molecule has 3 heteroatoms. The van der Waals surface area contributed by atoms with Crippen molar-refractivity contribution >= 4 is 6.09 Å². The van der Waals surface area contributed by atoms with E-state index < -0.39 is 11.6 Å². The SMILES string of the molecule is CC(C)(C)N(C(=O)O)[C@@]12CCCCC[C@@H]1Cc1ccccc12. The zero-order valence-electron chi connectivity index (χ0n) is 13.9. The Kier molecular flexibility index (Phi) is 3.70. The molecule has 2 atom stereocenters. The number of fused-ring (bicyclic) bond motifs is 3. The Balaban J connectivity index is 2.21. The maximum atomic E-state index is 12.2. The summed E-state index contributed by atoms with van der Waals surface area (Å²) in [6.07, 6.45) is 5.89. The molecule has 22 heavy (non-hydrogen) atoms. The van der Waals surface area contributed by atoms with Crippen LogP contribution in [-0.2, 0) is 12.0 Å². The molecule has 0 saturated heterocycles. The van der Waals surface area contributed by atoms with E-state index in [4.69, 9.17) is 0 Å². The molecule has 0 radical (unpaired) electrons. The first-order valence-electron chi connectivity index (χ1n) is 8.49. The van der Waals surface area contributed by atoms with Gasteiger partial charge in [0.25, 0.3) is 0 Å². The van der Waals surface area contributed by atoms with Gasteiger partial charge in [-0.2, -0.15) is 0 Å². The minimum atomic E-state index is -0.781. The van der Waals surface area contributed by atoms with Crippen LogP contribution in [0.4, 0.5) is 4.79 Å². The Morgan fingerprint density at radius 2 is 1.95 bits per heavy atom. The minimum Gasteiger partial charge on any atom is -0.465 e. The Bertz CT molecular complexity index is 575. The molecule has 1 amide bonds. The molecule has 3 nitrogen and oxygen atoms in total. The molecule has 0 heterocycles. The van der Waals surface area contributed by atoms with Crippen LogP contribution in [0.3, 0.4) is 0 Å². The molecular weight excluding hydrogens is 274 g/mol. The molecule has 0 spiro atoms. The maximum absolute atomic E-state index is 12.2. The molecule has 1 saturated carbocycles. The molecule has 0 bridgehead atoms. The summed E-state index contributed by atoms with van der Waals surface area (Å²) in [5.74, 6) is 0.419. The Labute approximate surface area is 133 Å². The van der Waals surface area contributed by atoms with E-state index in [-0.39, 0.29) is 5.54 Å². The highest BCUT2D eigenvalue weighted by molar-refractivity contribution is 5.69. The first kappa shape index (κ1) is 15.4. The number of benzene rings is 1. The van der Waals surface area contributed by atoms with Gasteiger partial charge in [-0.25, -0.2) is 4.79 Å². The summed E-state index contributed by atoms with van der Waals surface area (Å²) in [5.41, 5.74) is 1.88.